The second-order valence-electron chi connectivity index (χ2n) is 2.71. The summed E-state index contributed by atoms with van der Waals surface area (Å²) in [6, 6.07) is 0. The van der Waals surface area contributed by atoms with Crippen molar-refractivity contribution in [3.63, 3.8) is 0 Å². The predicted octanol–water partition coefficient (Wildman–Crippen LogP) is 3.54. The Hall–Kier alpha value is -0.700. The monoisotopic (exact) mass is 150 g/mol. The predicted molar refractivity (Wildman–Crippen MR) is 51.3 cm³/mol. The molecule has 0 aliphatic rings. The first-order valence-electron chi connectivity index (χ1n) is 4.50. The summed E-state index contributed by atoms with van der Waals surface area (Å²) in [6.45, 7) is 2.22. The second-order valence-corrected chi connectivity index (χ2v) is 2.71. The van der Waals surface area contributed by atoms with Gasteiger partial charge >= 0.3 is 0 Å². The molecule has 0 bridgehead atoms. The Morgan fingerprint density at radius 3 is 2.55 bits per heavy atom. The van der Waals surface area contributed by atoms with Crippen molar-refractivity contribution < 1.29 is 0 Å². The van der Waals surface area contributed by atoms with Gasteiger partial charge in [0, 0.05) is 6.42 Å². The van der Waals surface area contributed by atoms with Crippen molar-refractivity contribution in [1.29, 1.82) is 0 Å². The van der Waals surface area contributed by atoms with Crippen molar-refractivity contribution >= 4 is 0 Å². The van der Waals surface area contributed by atoms with Gasteiger partial charge in [-0.15, -0.1) is 12.3 Å². The van der Waals surface area contributed by atoms with Crippen LogP contribution in [0.4, 0.5) is 0 Å². The molecule has 0 unspecified atom stereocenters. The van der Waals surface area contributed by atoms with E-state index in [1.54, 1.807) is 0 Å². The smallest absolute Gasteiger partial charge is 0.0121 e. The Kier molecular flexibility index (Phi) is 8.71. The lowest BCUT2D eigenvalue weighted by Crippen LogP contribution is -1.71. The largest absolute Gasteiger partial charge is 0.120 e. The molecule has 0 saturated carbocycles. The van der Waals surface area contributed by atoms with Gasteiger partial charge in [-0.25, -0.2) is 0 Å². The molecule has 62 valence electrons. The maximum Gasteiger partial charge on any atom is 0.0121 e. The summed E-state index contributed by atoms with van der Waals surface area (Å²) in [5.74, 6) is 2.62. The van der Waals surface area contributed by atoms with Gasteiger partial charge in [-0.1, -0.05) is 31.9 Å². The van der Waals surface area contributed by atoms with Gasteiger partial charge in [0.1, 0.15) is 0 Å². The molecule has 0 aromatic rings. The normalized spacial score (nSPS) is 10.2. The van der Waals surface area contributed by atoms with E-state index >= 15 is 0 Å². The molecule has 11 heavy (non-hydrogen) atoms. The summed E-state index contributed by atoms with van der Waals surface area (Å²) < 4.78 is 0. The molecule has 0 aliphatic carbocycles. The highest BCUT2D eigenvalue weighted by Gasteiger charge is 1.80. The third-order valence-electron chi connectivity index (χ3n) is 1.60. The second kappa shape index (κ2) is 9.30. The molecule has 0 aliphatic heterocycles. The highest BCUT2D eigenvalue weighted by Crippen LogP contribution is 2.00. The molecule has 0 rings (SSSR count). The first-order chi connectivity index (χ1) is 5.41. The number of allylic oxidation sites excluding steroid dienone is 2. The van der Waals surface area contributed by atoms with E-state index in [0.29, 0.717) is 0 Å². The topological polar surface area (TPSA) is 0 Å². The van der Waals surface area contributed by atoms with Gasteiger partial charge in [-0.2, -0.15) is 0 Å². The Labute approximate surface area is 70.7 Å². The quantitative estimate of drug-likeness (QED) is 0.308. The zero-order chi connectivity index (χ0) is 8.36. The Balaban J connectivity index is 2.98. The van der Waals surface area contributed by atoms with Crippen LogP contribution in [0.25, 0.3) is 0 Å². The van der Waals surface area contributed by atoms with Gasteiger partial charge in [-0.05, 0) is 19.3 Å². The van der Waals surface area contributed by atoms with Crippen LogP contribution in [0.3, 0.4) is 0 Å². The summed E-state index contributed by atoms with van der Waals surface area (Å²) in [7, 11) is 0. The van der Waals surface area contributed by atoms with Crippen molar-refractivity contribution in [2.45, 2.75) is 45.4 Å². The number of hydrogen-bond acceptors (Lipinski definition) is 0. The van der Waals surface area contributed by atoms with E-state index in [1.165, 1.54) is 25.7 Å². The number of rotatable bonds is 6. The molecule has 0 saturated heterocycles. The summed E-state index contributed by atoms with van der Waals surface area (Å²) >= 11 is 0. The van der Waals surface area contributed by atoms with Crippen LogP contribution < -0.4 is 0 Å². The minimum atomic E-state index is 0.879. The molecule has 0 spiro atoms. The molecule has 0 fully saturated rings. The van der Waals surface area contributed by atoms with Gasteiger partial charge in [0.2, 0.25) is 0 Å². The van der Waals surface area contributed by atoms with Crippen molar-refractivity contribution in [3.8, 4) is 12.3 Å². The average molecular weight is 150 g/mol. The van der Waals surface area contributed by atoms with E-state index in [1.807, 2.05) is 0 Å². The molecule has 0 aromatic heterocycles. The summed E-state index contributed by atoms with van der Waals surface area (Å²) in [5.41, 5.74) is 0. The maximum absolute atomic E-state index is 5.11. The minimum absolute atomic E-state index is 0.879. The molecule has 0 aromatic carbocycles. The Morgan fingerprint density at radius 1 is 1.18 bits per heavy atom. The first-order valence-corrected chi connectivity index (χ1v) is 4.50. The van der Waals surface area contributed by atoms with Gasteiger partial charge < -0.3 is 0 Å². The van der Waals surface area contributed by atoms with E-state index in [2.05, 4.69) is 25.0 Å². The Morgan fingerprint density at radius 2 is 1.91 bits per heavy atom. The molecular formula is C11H18. The molecule has 0 amide bonds. The van der Waals surface area contributed by atoms with Crippen LogP contribution in [0.2, 0.25) is 0 Å². The van der Waals surface area contributed by atoms with E-state index < -0.39 is 0 Å². The van der Waals surface area contributed by atoms with Gasteiger partial charge in [0.25, 0.3) is 0 Å². The van der Waals surface area contributed by atoms with Crippen molar-refractivity contribution in [2.24, 2.45) is 0 Å². The zero-order valence-electron chi connectivity index (χ0n) is 7.47. The fourth-order valence-corrected chi connectivity index (χ4v) is 0.915. The van der Waals surface area contributed by atoms with E-state index in [-0.39, 0.29) is 0 Å². The molecule has 0 heterocycles. The van der Waals surface area contributed by atoms with Crippen LogP contribution in [-0.4, -0.2) is 0 Å². The lowest BCUT2D eigenvalue weighted by molar-refractivity contribution is 0.728. The fraction of sp³-hybridized carbons (Fsp3) is 0.636. The van der Waals surface area contributed by atoms with E-state index in [4.69, 9.17) is 6.42 Å². The minimum Gasteiger partial charge on any atom is -0.120 e. The summed E-state index contributed by atoms with van der Waals surface area (Å²) in [6.07, 6.45) is 16.7. The average Bonchev–Trinajstić information content (AvgIpc) is 2.03. The molecule has 0 atom stereocenters. The van der Waals surface area contributed by atoms with Crippen molar-refractivity contribution in [1.82, 2.24) is 0 Å². The van der Waals surface area contributed by atoms with Crippen LogP contribution in [0, 0.1) is 12.3 Å². The summed E-state index contributed by atoms with van der Waals surface area (Å²) in [5, 5.41) is 0. The molecular weight excluding hydrogens is 132 g/mol. The van der Waals surface area contributed by atoms with Crippen molar-refractivity contribution in [2.75, 3.05) is 0 Å². The van der Waals surface area contributed by atoms with E-state index in [0.717, 1.165) is 12.8 Å². The van der Waals surface area contributed by atoms with Gasteiger partial charge in [0.05, 0.1) is 0 Å². The molecule has 0 nitrogen and oxygen atoms in total. The highest BCUT2D eigenvalue weighted by molar-refractivity contribution is 4.90. The third-order valence-corrected chi connectivity index (χ3v) is 1.60. The first kappa shape index (κ1) is 10.3. The van der Waals surface area contributed by atoms with E-state index in [9.17, 15) is 0 Å². The number of terminal acetylenes is 1. The number of unbranched alkanes of at least 4 members (excludes halogenated alkanes) is 4. The zero-order valence-corrected chi connectivity index (χ0v) is 7.47. The van der Waals surface area contributed by atoms with Crippen LogP contribution in [-0.2, 0) is 0 Å². The lowest BCUT2D eigenvalue weighted by Gasteiger charge is -1.90. The highest BCUT2D eigenvalue weighted by atomic mass is 13.9. The number of hydrogen-bond donors (Lipinski definition) is 0. The maximum atomic E-state index is 5.11. The van der Waals surface area contributed by atoms with Gasteiger partial charge in [0.15, 0.2) is 0 Å². The van der Waals surface area contributed by atoms with Crippen LogP contribution in [0.15, 0.2) is 12.2 Å². The van der Waals surface area contributed by atoms with Crippen molar-refractivity contribution in [3.05, 3.63) is 12.2 Å². The van der Waals surface area contributed by atoms with Crippen LogP contribution in [0.1, 0.15) is 45.4 Å². The van der Waals surface area contributed by atoms with Crippen LogP contribution >= 0.6 is 0 Å². The Bertz CT molecular complexity index is 125. The molecule has 0 N–H and O–H groups in total. The van der Waals surface area contributed by atoms with Crippen LogP contribution in [0.5, 0.6) is 0 Å². The van der Waals surface area contributed by atoms with Gasteiger partial charge in [-0.3, -0.25) is 0 Å². The molecule has 0 heteroatoms. The standard InChI is InChI=1S/C11H18/c1-3-5-7-9-11-10-8-6-4-2/h1,9,11H,4-8,10H2,2H3/b11-9-. The SMILES string of the molecule is C#CCC/C=C\CCCCC. The fourth-order valence-electron chi connectivity index (χ4n) is 0.915. The summed E-state index contributed by atoms with van der Waals surface area (Å²) in [4.78, 5) is 0. The third kappa shape index (κ3) is 9.30. The molecule has 0 radical (unpaired) electrons. The lowest BCUT2D eigenvalue weighted by atomic mass is 10.2.